The standard InChI is InChI=1S/C9H8Br2F2O/c1-5(10)8-6(11)3-2-4-7(8)14-9(12)13/h2-5,9H,1H3. The van der Waals surface area contributed by atoms with Gasteiger partial charge in [-0.3, -0.25) is 0 Å². The smallest absolute Gasteiger partial charge is 0.387 e. The number of hydrogen-bond acceptors (Lipinski definition) is 1. The first-order valence-electron chi connectivity index (χ1n) is 3.89. The van der Waals surface area contributed by atoms with Crippen molar-refractivity contribution in [2.75, 3.05) is 0 Å². The molecule has 1 rings (SSSR count). The Hall–Kier alpha value is -0.160. The van der Waals surface area contributed by atoms with Crippen molar-refractivity contribution >= 4 is 31.9 Å². The lowest BCUT2D eigenvalue weighted by atomic mass is 10.1. The molecule has 1 unspecified atom stereocenters. The minimum atomic E-state index is -2.80. The minimum absolute atomic E-state index is 0.0492. The number of rotatable bonds is 3. The molecular formula is C9H8Br2F2O. The highest BCUT2D eigenvalue weighted by atomic mass is 79.9. The Balaban J connectivity index is 3.08. The molecule has 1 aromatic rings. The van der Waals surface area contributed by atoms with Gasteiger partial charge in [0.15, 0.2) is 0 Å². The summed E-state index contributed by atoms with van der Waals surface area (Å²) in [5, 5.41) is 0. The molecular weight excluding hydrogens is 322 g/mol. The summed E-state index contributed by atoms with van der Waals surface area (Å²) in [4.78, 5) is -0.0492. The predicted molar refractivity (Wildman–Crippen MR) is 58.1 cm³/mol. The average molecular weight is 330 g/mol. The zero-order valence-electron chi connectivity index (χ0n) is 7.31. The summed E-state index contributed by atoms with van der Waals surface area (Å²) in [6.45, 7) is -0.951. The van der Waals surface area contributed by atoms with Gasteiger partial charge in [-0.1, -0.05) is 37.9 Å². The Morgan fingerprint density at radius 3 is 2.50 bits per heavy atom. The highest BCUT2D eigenvalue weighted by molar-refractivity contribution is 9.11. The van der Waals surface area contributed by atoms with Gasteiger partial charge in [0.25, 0.3) is 0 Å². The highest BCUT2D eigenvalue weighted by Crippen LogP contribution is 2.37. The SMILES string of the molecule is CC(Br)c1c(Br)cccc1OC(F)F. The Morgan fingerprint density at radius 2 is 2.00 bits per heavy atom. The van der Waals surface area contributed by atoms with E-state index in [0.717, 1.165) is 4.47 Å². The van der Waals surface area contributed by atoms with Crippen LogP contribution in [-0.2, 0) is 0 Å². The Labute approximate surface area is 97.7 Å². The zero-order valence-corrected chi connectivity index (χ0v) is 10.5. The van der Waals surface area contributed by atoms with Gasteiger partial charge in [0.2, 0.25) is 0 Å². The Bertz CT molecular complexity index is 316. The molecule has 0 radical (unpaired) electrons. The van der Waals surface area contributed by atoms with E-state index < -0.39 is 6.61 Å². The lowest BCUT2D eigenvalue weighted by Gasteiger charge is -2.13. The minimum Gasteiger partial charge on any atom is -0.434 e. The molecule has 1 nitrogen and oxygen atoms in total. The first-order valence-corrected chi connectivity index (χ1v) is 5.60. The molecule has 0 saturated carbocycles. The van der Waals surface area contributed by atoms with E-state index in [0.29, 0.717) is 5.56 Å². The van der Waals surface area contributed by atoms with E-state index in [2.05, 4.69) is 36.6 Å². The molecule has 78 valence electrons. The number of halogens is 4. The Kier molecular flexibility index (Phi) is 4.31. The molecule has 0 saturated heterocycles. The molecule has 1 atom stereocenters. The van der Waals surface area contributed by atoms with Crippen molar-refractivity contribution in [2.24, 2.45) is 0 Å². The van der Waals surface area contributed by atoms with Crippen LogP contribution in [0.1, 0.15) is 17.3 Å². The van der Waals surface area contributed by atoms with E-state index in [4.69, 9.17) is 0 Å². The third kappa shape index (κ3) is 2.92. The van der Waals surface area contributed by atoms with E-state index in [1.807, 2.05) is 6.92 Å². The first-order chi connectivity index (χ1) is 6.52. The summed E-state index contributed by atoms with van der Waals surface area (Å²) in [6, 6.07) is 4.95. The van der Waals surface area contributed by atoms with Crippen LogP contribution in [-0.4, -0.2) is 6.61 Å². The van der Waals surface area contributed by atoms with Crippen LogP contribution < -0.4 is 4.74 Å². The summed E-state index contributed by atoms with van der Waals surface area (Å²) >= 11 is 6.60. The third-order valence-corrected chi connectivity index (χ3v) is 2.78. The van der Waals surface area contributed by atoms with Gasteiger partial charge in [-0.05, 0) is 19.1 Å². The molecule has 5 heteroatoms. The molecule has 1 aromatic carbocycles. The molecule has 0 amide bonds. The molecule has 0 aromatic heterocycles. The topological polar surface area (TPSA) is 9.23 Å². The monoisotopic (exact) mass is 328 g/mol. The van der Waals surface area contributed by atoms with Crippen molar-refractivity contribution in [3.63, 3.8) is 0 Å². The lowest BCUT2D eigenvalue weighted by Crippen LogP contribution is -2.05. The van der Waals surface area contributed by atoms with Crippen molar-refractivity contribution in [3.05, 3.63) is 28.2 Å². The van der Waals surface area contributed by atoms with Gasteiger partial charge in [-0.25, -0.2) is 0 Å². The fourth-order valence-corrected chi connectivity index (χ4v) is 2.57. The van der Waals surface area contributed by atoms with Crippen LogP contribution in [0.4, 0.5) is 8.78 Å². The molecule has 0 aliphatic carbocycles. The van der Waals surface area contributed by atoms with Gasteiger partial charge in [0, 0.05) is 14.9 Å². The Morgan fingerprint density at radius 1 is 1.36 bits per heavy atom. The molecule has 0 heterocycles. The normalized spacial score (nSPS) is 13.0. The van der Waals surface area contributed by atoms with Gasteiger partial charge >= 0.3 is 6.61 Å². The second kappa shape index (κ2) is 5.07. The third-order valence-electron chi connectivity index (χ3n) is 1.63. The summed E-state index contributed by atoms with van der Waals surface area (Å²) in [5.41, 5.74) is 0.688. The van der Waals surface area contributed by atoms with Gasteiger partial charge in [0.05, 0.1) is 0 Å². The lowest BCUT2D eigenvalue weighted by molar-refractivity contribution is -0.0504. The molecule has 0 N–H and O–H groups in total. The molecule has 0 aliphatic rings. The molecule has 0 spiro atoms. The maximum absolute atomic E-state index is 12.0. The van der Waals surface area contributed by atoms with E-state index in [1.54, 1.807) is 12.1 Å². The van der Waals surface area contributed by atoms with E-state index in [-0.39, 0.29) is 10.6 Å². The maximum atomic E-state index is 12.0. The molecule has 0 aliphatic heterocycles. The predicted octanol–water partition coefficient (Wildman–Crippen LogP) is 4.51. The van der Waals surface area contributed by atoms with Gasteiger partial charge < -0.3 is 4.74 Å². The fourth-order valence-electron chi connectivity index (χ4n) is 1.10. The molecule has 0 fully saturated rings. The van der Waals surface area contributed by atoms with Crippen LogP contribution in [0.25, 0.3) is 0 Å². The van der Waals surface area contributed by atoms with Crippen LogP contribution in [0.5, 0.6) is 5.75 Å². The summed E-state index contributed by atoms with van der Waals surface area (Å²) in [7, 11) is 0. The number of alkyl halides is 3. The summed E-state index contributed by atoms with van der Waals surface area (Å²) in [5.74, 6) is 0.193. The molecule has 14 heavy (non-hydrogen) atoms. The van der Waals surface area contributed by atoms with Crippen molar-refractivity contribution < 1.29 is 13.5 Å². The van der Waals surface area contributed by atoms with Crippen LogP contribution >= 0.6 is 31.9 Å². The van der Waals surface area contributed by atoms with Crippen LogP contribution in [0.15, 0.2) is 22.7 Å². The molecule has 0 bridgehead atoms. The van der Waals surface area contributed by atoms with Crippen LogP contribution in [0.3, 0.4) is 0 Å². The van der Waals surface area contributed by atoms with Crippen molar-refractivity contribution in [2.45, 2.75) is 18.4 Å². The summed E-state index contributed by atoms with van der Waals surface area (Å²) in [6.07, 6.45) is 0. The largest absolute Gasteiger partial charge is 0.434 e. The van der Waals surface area contributed by atoms with Gasteiger partial charge in [0.1, 0.15) is 5.75 Å². The van der Waals surface area contributed by atoms with Gasteiger partial charge in [-0.2, -0.15) is 8.78 Å². The van der Waals surface area contributed by atoms with E-state index in [9.17, 15) is 8.78 Å². The van der Waals surface area contributed by atoms with E-state index >= 15 is 0 Å². The average Bonchev–Trinajstić information content (AvgIpc) is 2.01. The second-order valence-electron chi connectivity index (χ2n) is 2.65. The second-order valence-corrected chi connectivity index (χ2v) is 4.87. The van der Waals surface area contributed by atoms with Crippen molar-refractivity contribution in [3.8, 4) is 5.75 Å². The van der Waals surface area contributed by atoms with Crippen molar-refractivity contribution in [1.29, 1.82) is 0 Å². The first kappa shape index (κ1) is 11.9. The van der Waals surface area contributed by atoms with Crippen molar-refractivity contribution in [1.82, 2.24) is 0 Å². The van der Waals surface area contributed by atoms with E-state index in [1.165, 1.54) is 6.07 Å². The zero-order chi connectivity index (χ0) is 10.7. The number of hydrogen-bond donors (Lipinski definition) is 0. The fraction of sp³-hybridized carbons (Fsp3) is 0.333. The van der Waals surface area contributed by atoms with Crippen LogP contribution in [0.2, 0.25) is 0 Å². The summed E-state index contributed by atoms with van der Waals surface area (Å²) < 4.78 is 29.2. The highest BCUT2D eigenvalue weighted by Gasteiger charge is 2.15. The maximum Gasteiger partial charge on any atom is 0.387 e. The van der Waals surface area contributed by atoms with Crippen LogP contribution in [0, 0.1) is 0 Å². The quantitative estimate of drug-likeness (QED) is 0.741. The number of benzene rings is 1. The number of ether oxygens (including phenoxy) is 1. The van der Waals surface area contributed by atoms with Gasteiger partial charge in [-0.15, -0.1) is 0 Å².